The topological polar surface area (TPSA) is 34.9 Å². The molecule has 3 nitrogen and oxygen atoms in total. The molecular formula is C14H14ClFN2O. The van der Waals surface area contributed by atoms with Crippen molar-refractivity contribution in [1.82, 2.24) is 9.78 Å². The third-order valence-corrected chi connectivity index (χ3v) is 3.08. The average molecular weight is 281 g/mol. The molecule has 0 saturated heterocycles. The molecule has 100 valence electrons. The minimum Gasteiger partial charge on any atom is -0.292 e. The second-order valence-corrected chi connectivity index (χ2v) is 4.66. The van der Waals surface area contributed by atoms with Gasteiger partial charge in [-0.3, -0.25) is 9.48 Å². The van der Waals surface area contributed by atoms with Crippen LogP contribution in [0.2, 0.25) is 5.02 Å². The molecule has 0 amide bonds. The Morgan fingerprint density at radius 3 is 2.84 bits per heavy atom. The number of aryl methyl sites for hydroxylation is 1. The molecule has 5 heteroatoms. The number of benzene rings is 1. The van der Waals surface area contributed by atoms with E-state index >= 15 is 0 Å². The van der Waals surface area contributed by atoms with Crippen LogP contribution in [-0.2, 0) is 13.0 Å². The molecule has 0 fully saturated rings. The molecule has 0 unspecified atom stereocenters. The number of hydrogen-bond acceptors (Lipinski definition) is 2. The van der Waals surface area contributed by atoms with Crippen molar-refractivity contribution >= 4 is 17.4 Å². The van der Waals surface area contributed by atoms with E-state index in [0.29, 0.717) is 22.8 Å². The monoisotopic (exact) mass is 280 g/mol. The Kier molecular flexibility index (Phi) is 4.32. The van der Waals surface area contributed by atoms with E-state index in [1.54, 1.807) is 22.9 Å². The van der Waals surface area contributed by atoms with E-state index in [-0.39, 0.29) is 18.0 Å². The lowest BCUT2D eigenvalue weighted by molar-refractivity contribution is 0.0981. The number of halogens is 2. The van der Waals surface area contributed by atoms with Gasteiger partial charge in [0.1, 0.15) is 11.5 Å². The number of hydrogen-bond donors (Lipinski definition) is 0. The van der Waals surface area contributed by atoms with Gasteiger partial charge in [0, 0.05) is 13.0 Å². The molecule has 0 aliphatic carbocycles. The molecule has 1 aromatic heterocycles. The average Bonchev–Trinajstić information content (AvgIpc) is 2.74. The number of carbonyl (C=O) groups excluding carboxylic acids is 1. The number of Topliss-reactive ketones (excluding diaryl/α,β-unsaturated/α-hetero) is 1. The van der Waals surface area contributed by atoms with Crippen molar-refractivity contribution in [1.29, 1.82) is 0 Å². The second kappa shape index (κ2) is 5.97. The molecule has 1 heterocycles. The van der Waals surface area contributed by atoms with Gasteiger partial charge in [0.15, 0.2) is 5.78 Å². The van der Waals surface area contributed by atoms with Crippen LogP contribution in [0.15, 0.2) is 30.5 Å². The molecule has 0 spiro atoms. The zero-order chi connectivity index (χ0) is 13.8. The van der Waals surface area contributed by atoms with Crippen LogP contribution in [0, 0.1) is 5.82 Å². The Labute approximate surface area is 116 Å². The van der Waals surface area contributed by atoms with Crippen molar-refractivity contribution in [3.05, 3.63) is 52.6 Å². The first kappa shape index (κ1) is 13.7. The predicted molar refractivity (Wildman–Crippen MR) is 72.0 cm³/mol. The molecule has 2 aromatic rings. The Hall–Kier alpha value is -1.68. The van der Waals surface area contributed by atoms with Crippen LogP contribution in [-0.4, -0.2) is 15.6 Å². The van der Waals surface area contributed by atoms with Crippen LogP contribution >= 0.6 is 11.6 Å². The highest BCUT2D eigenvalue weighted by molar-refractivity contribution is 6.33. The Balaban J connectivity index is 2.25. The Morgan fingerprint density at radius 1 is 1.42 bits per heavy atom. The zero-order valence-corrected chi connectivity index (χ0v) is 11.3. The van der Waals surface area contributed by atoms with E-state index in [0.717, 1.165) is 6.42 Å². The minimum atomic E-state index is -0.381. The SMILES string of the molecule is CCCn1ncc(Cl)c1C(=O)Cc1ccccc1F. The van der Waals surface area contributed by atoms with E-state index in [9.17, 15) is 9.18 Å². The molecule has 0 aliphatic rings. The Morgan fingerprint density at radius 2 is 2.16 bits per heavy atom. The maximum atomic E-state index is 13.5. The predicted octanol–water partition coefficient (Wildman–Crippen LogP) is 3.51. The number of aromatic nitrogens is 2. The fraction of sp³-hybridized carbons (Fsp3) is 0.286. The minimum absolute atomic E-state index is 0.0121. The lowest BCUT2D eigenvalue weighted by Crippen LogP contribution is -2.13. The van der Waals surface area contributed by atoms with Gasteiger partial charge in [-0.15, -0.1) is 0 Å². The smallest absolute Gasteiger partial charge is 0.186 e. The molecule has 0 bridgehead atoms. The molecular weight excluding hydrogens is 267 g/mol. The summed E-state index contributed by atoms with van der Waals surface area (Å²) in [6.45, 7) is 2.60. The van der Waals surface area contributed by atoms with E-state index < -0.39 is 0 Å². The van der Waals surface area contributed by atoms with Crippen molar-refractivity contribution in [2.45, 2.75) is 26.3 Å². The summed E-state index contributed by atoms with van der Waals surface area (Å²) in [7, 11) is 0. The van der Waals surface area contributed by atoms with Crippen LogP contribution in [0.3, 0.4) is 0 Å². The van der Waals surface area contributed by atoms with Crippen molar-refractivity contribution in [2.24, 2.45) is 0 Å². The summed E-state index contributed by atoms with van der Waals surface area (Å²) in [6, 6.07) is 6.24. The van der Waals surface area contributed by atoms with Gasteiger partial charge in [-0.2, -0.15) is 5.10 Å². The van der Waals surface area contributed by atoms with Crippen LogP contribution in [0.4, 0.5) is 4.39 Å². The van der Waals surface area contributed by atoms with E-state index in [2.05, 4.69) is 5.10 Å². The summed E-state index contributed by atoms with van der Waals surface area (Å²) < 4.78 is 15.1. The van der Waals surface area contributed by atoms with E-state index in [4.69, 9.17) is 11.6 Å². The molecule has 0 saturated carbocycles. The molecule has 19 heavy (non-hydrogen) atoms. The highest BCUT2D eigenvalue weighted by Gasteiger charge is 2.18. The third-order valence-electron chi connectivity index (χ3n) is 2.80. The number of nitrogens with zero attached hydrogens (tertiary/aromatic N) is 2. The number of carbonyl (C=O) groups is 1. The molecule has 1 aromatic carbocycles. The molecule has 0 radical (unpaired) electrons. The highest BCUT2D eigenvalue weighted by Crippen LogP contribution is 2.19. The third kappa shape index (κ3) is 3.01. The maximum absolute atomic E-state index is 13.5. The molecule has 0 aliphatic heterocycles. The highest BCUT2D eigenvalue weighted by atomic mass is 35.5. The normalized spacial score (nSPS) is 10.7. The van der Waals surface area contributed by atoms with Gasteiger partial charge in [0.25, 0.3) is 0 Å². The first-order valence-corrected chi connectivity index (χ1v) is 6.49. The van der Waals surface area contributed by atoms with E-state index in [1.165, 1.54) is 12.3 Å². The van der Waals surface area contributed by atoms with Crippen molar-refractivity contribution in [2.75, 3.05) is 0 Å². The second-order valence-electron chi connectivity index (χ2n) is 4.26. The van der Waals surface area contributed by atoms with Crippen LogP contribution < -0.4 is 0 Å². The van der Waals surface area contributed by atoms with Crippen LogP contribution in [0.25, 0.3) is 0 Å². The molecule has 0 N–H and O–H groups in total. The van der Waals surface area contributed by atoms with Gasteiger partial charge in [-0.25, -0.2) is 4.39 Å². The standard InChI is InChI=1S/C14H14ClFN2O/c1-2-7-18-14(11(15)9-17-18)13(19)8-10-5-3-4-6-12(10)16/h3-6,9H,2,7-8H2,1H3. The van der Waals surface area contributed by atoms with Crippen LogP contribution in [0.1, 0.15) is 29.4 Å². The van der Waals surface area contributed by atoms with Gasteiger partial charge in [0.2, 0.25) is 0 Å². The van der Waals surface area contributed by atoms with Crippen LogP contribution in [0.5, 0.6) is 0 Å². The van der Waals surface area contributed by atoms with Gasteiger partial charge in [-0.05, 0) is 18.1 Å². The fourth-order valence-electron chi connectivity index (χ4n) is 1.92. The molecule has 0 atom stereocenters. The van der Waals surface area contributed by atoms with Gasteiger partial charge >= 0.3 is 0 Å². The number of ketones is 1. The lowest BCUT2D eigenvalue weighted by Gasteiger charge is -2.06. The summed E-state index contributed by atoms with van der Waals surface area (Å²) in [5.41, 5.74) is 0.722. The largest absolute Gasteiger partial charge is 0.292 e. The summed E-state index contributed by atoms with van der Waals surface area (Å²) in [4.78, 5) is 12.2. The van der Waals surface area contributed by atoms with Gasteiger partial charge < -0.3 is 0 Å². The summed E-state index contributed by atoms with van der Waals surface area (Å²) in [5.74, 6) is -0.602. The van der Waals surface area contributed by atoms with Gasteiger partial charge in [-0.1, -0.05) is 36.7 Å². The van der Waals surface area contributed by atoms with Gasteiger partial charge in [0.05, 0.1) is 11.2 Å². The number of rotatable bonds is 5. The summed E-state index contributed by atoms with van der Waals surface area (Å²) in [6.07, 6.45) is 2.28. The lowest BCUT2D eigenvalue weighted by atomic mass is 10.1. The first-order valence-electron chi connectivity index (χ1n) is 6.11. The zero-order valence-electron chi connectivity index (χ0n) is 10.6. The summed E-state index contributed by atoms with van der Waals surface area (Å²) >= 11 is 5.98. The first-order chi connectivity index (χ1) is 9.13. The van der Waals surface area contributed by atoms with E-state index in [1.807, 2.05) is 6.92 Å². The Bertz CT molecular complexity index is 595. The quantitative estimate of drug-likeness (QED) is 0.786. The van der Waals surface area contributed by atoms with Crippen molar-refractivity contribution < 1.29 is 9.18 Å². The molecule has 2 rings (SSSR count). The summed E-state index contributed by atoms with van der Waals surface area (Å²) in [5, 5.41) is 4.38. The fourth-order valence-corrected chi connectivity index (χ4v) is 2.17. The van der Waals surface area contributed by atoms with Crippen molar-refractivity contribution in [3.8, 4) is 0 Å². The maximum Gasteiger partial charge on any atom is 0.186 e. The van der Waals surface area contributed by atoms with Crippen molar-refractivity contribution in [3.63, 3.8) is 0 Å².